The lowest BCUT2D eigenvalue weighted by Crippen LogP contribution is -2.38. The molecule has 0 radical (unpaired) electrons. The van der Waals surface area contributed by atoms with E-state index in [0.29, 0.717) is 25.8 Å². The third-order valence-corrected chi connectivity index (χ3v) is 6.14. The molecule has 2 amide bonds. The molecule has 0 fully saturated rings. The molecule has 0 aliphatic carbocycles. The van der Waals surface area contributed by atoms with Crippen LogP contribution in [-0.4, -0.2) is 34.7 Å². The summed E-state index contributed by atoms with van der Waals surface area (Å²) in [5.74, 6) is -1.22. The lowest BCUT2D eigenvalue weighted by atomic mass is 10.0. The van der Waals surface area contributed by atoms with Crippen molar-refractivity contribution in [3.8, 4) is 0 Å². The zero-order valence-corrected chi connectivity index (χ0v) is 18.9. The maximum absolute atomic E-state index is 14.4. The van der Waals surface area contributed by atoms with E-state index in [4.69, 9.17) is 4.74 Å². The Morgan fingerprint density at radius 1 is 1.22 bits per heavy atom. The molecule has 3 rings (SSSR count). The van der Waals surface area contributed by atoms with Gasteiger partial charge in [0.05, 0.1) is 0 Å². The molecule has 0 aromatic heterocycles. The van der Waals surface area contributed by atoms with Crippen molar-refractivity contribution in [2.75, 3.05) is 6.54 Å². The predicted octanol–water partition coefficient (Wildman–Crippen LogP) is 4.99. The number of hydrazone groups is 1. The smallest absolute Gasteiger partial charge is 0.407 e. The van der Waals surface area contributed by atoms with E-state index in [9.17, 15) is 18.4 Å². The van der Waals surface area contributed by atoms with E-state index in [1.807, 2.05) is 30.3 Å². The monoisotopic (exact) mass is 461 g/mol. The fourth-order valence-electron chi connectivity index (χ4n) is 3.32. The lowest BCUT2D eigenvalue weighted by molar-refractivity contribution is -0.121. The van der Waals surface area contributed by atoms with E-state index in [1.54, 1.807) is 20.8 Å². The van der Waals surface area contributed by atoms with Crippen LogP contribution in [0.4, 0.5) is 13.6 Å². The van der Waals surface area contributed by atoms with Gasteiger partial charge in [-0.1, -0.05) is 42.1 Å². The first-order valence-corrected chi connectivity index (χ1v) is 11.0. The summed E-state index contributed by atoms with van der Waals surface area (Å²) in [5, 5.41) is 8.44. The van der Waals surface area contributed by atoms with Crippen LogP contribution >= 0.6 is 11.8 Å². The third-order valence-electron chi connectivity index (χ3n) is 4.68. The van der Waals surface area contributed by atoms with E-state index < -0.39 is 28.2 Å². The molecular weight excluding hydrogens is 436 g/mol. The van der Waals surface area contributed by atoms with Gasteiger partial charge in [-0.2, -0.15) is 5.10 Å². The van der Waals surface area contributed by atoms with Crippen molar-refractivity contribution in [2.24, 2.45) is 5.10 Å². The van der Waals surface area contributed by atoms with Crippen LogP contribution in [0.25, 0.3) is 0 Å². The number of thioether (sulfide) groups is 1. The number of hydrogen-bond acceptors (Lipinski definition) is 5. The van der Waals surface area contributed by atoms with Gasteiger partial charge in [-0.05, 0) is 57.4 Å². The fourth-order valence-corrected chi connectivity index (χ4v) is 4.71. The number of halogens is 2. The zero-order valence-electron chi connectivity index (χ0n) is 18.1. The summed E-state index contributed by atoms with van der Waals surface area (Å²) in [6, 6.07) is 12.3. The number of benzene rings is 2. The predicted molar refractivity (Wildman–Crippen MR) is 120 cm³/mol. The van der Waals surface area contributed by atoms with Crippen molar-refractivity contribution < 1.29 is 23.1 Å². The van der Waals surface area contributed by atoms with Crippen molar-refractivity contribution >= 4 is 29.3 Å². The number of nitrogens with zero attached hydrogens (tertiary/aromatic N) is 2. The van der Waals surface area contributed by atoms with Crippen LogP contribution in [0.3, 0.4) is 0 Å². The highest BCUT2D eigenvalue weighted by molar-refractivity contribution is 8.15. The summed E-state index contributed by atoms with van der Waals surface area (Å²) >= 11 is 1.18. The van der Waals surface area contributed by atoms with Gasteiger partial charge >= 0.3 is 6.09 Å². The Hall–Kier alpha value is -2.94. The molecule has 2 aromatic rings. The number of carbonyl (C=O) groups is 2. The lowest BCUT2D eigenvalue weighted by Gasteiger charge is -2.33. The first-order chi connectivity index (χ1) is 15.1. The average molecular weight is 462 g/mol. The van der Waals surface area contributed by atoms with Gasteiger partial charge in [-0.3, -0.25) is 4.79 Å². The highest BCUT2D eigenvalue weighted by Gasteiger charge is 2.45. The Morgan fingerprint density at radius 3 is 2.59 bits per heavy atom. The maximum Gasteiger partial charge on any atom is 0.407 e. The number of rotatable bonds is 7. The summed E-state index contributed by atoms with van der Waals surface area (Å²) < 4.78 is 33.4. The molecule has 1 aliphatic heterocycles. The molecule has 1 atom stereocenters. The molecule has 1 aliphatic rings. The van der Waals surface area contributed by atoms with E-state index in [-0.39, 0.29) is 10.6 Å². The maximum atomic E-state index is 14.4. The topological polar surface area (TPSA) is 71.0 Å². The second-order valence-corrected chi connectivity index (χ2v) is 9.53. The normalized spacial score (nSPS) is 18.3. The number of amides is 2. The van der Waals surface area contributed by atoms with Crippen molar-refractivity contribution in [3.05, 3.63) is 71.3 Å². The Balaban J connectivity index is 1.82. The number of hydrogen-bond donors (Lipinski definition) is 1. The van der Waals surface area contributed by atoms with E-state index >= 15 is 0 Å². The Bertz CT molecular complexity index is 1010. The molecule has 2 aromatic carbocycles. The standard InChI is InChI=1S/C23H25F2N3O3S/c1-22(2,3)31-21(30)26-13-7-12-23(16-8-5-4-6-9-16)28(15-29)27-20(32-23)18-14-17(24)10-11-19(18)25/h4-6,8-11,14-15H,7,12-13H2,1-3H3,(H,26,30)/t23-/m0/s1. The molecule has 1 heterocycles. The van der Waals surface area contributed by atoms with Gasteiger partial charge in [0.15, 0.2) is 0 Å². The van der Waals surface area contributed by atoms with Crippen LogP contribution in [0, 0.1) is 11.6 Å². The van der Waals surface area contributed by atoms with Crippen LogP contribution in [-0.2, 0) is 14.4 Å². The van der Waals surface area contributed by atoms with Crippen LogP contribution in [0.15, 0.2) is 53.6 Å². The molecule has 0 saturated carbocycles. The minimum absolute atomic E-state index is 0.00784. The first-order valence-electron chi connectivity index (χ1n) is 10.1. The minimum Gasteiger partial charge on any atom is -0.444 e. The van der Waals surface area contributed by atoms with Crippen molar-refractivity contribution in [1.29, 1.82) is 0 Å². The average Bonchev–Trinajstić information content (AvgIpc) is 3.12. The number of nitrogens with one attached hydrogen (secondary N) is 1. The summed E-state index contributed by atoms with van der Waals surface area (Å²) in [5.41, 5.74) is 0.166. The third kappa shape index (κ3) is 5.45. The van der Waals surface area contributed by atoms with Crippen LogP contribution in [0.2, 0.25) is 0 Å². The van der Waals surface area contributed by atoms with Gasteiger partial charge in [0, 0.05) is 12.1 Å². The molecule has 170 valence electrons. The van der Waals surface area contributed by atoms with Gasteiger partial charge in [0.2, 0.25) is 6.41 Å². The second-order valence-electron chi connectivity index (χ2n) is 8.26. The fraction of sp³-hybridized carbons (Fsp3) is 0.348. The molecule has 0 spiro atoms. The highest BCUT2D eigenvalue weighted by atomic mass is 32.2. The van der Waals surface area contributed by atoms with Gasteiger partial charge in [-0.25, -0.2) is 18.6 Å². The second kappa shape index (κ2) is 9.68. The molecule has 1 N–H and O–H groups in total. The quantitative estimate of drug-likeness (QED) is 0.466. The van der Waals surface area contributed by atoms with Crippen LogP contribution < -0.4 is 5.32 Å². The van der Waals surface area contributed by atoms with Crippen molar-refractivity contribution in [2.45, 2.75) is 44.1 Å². The van der Waals surface area contributed by atoms with Gasteiger partial charge in [0.1, 0.15) is 27.2 Å². The molecule has 6 nitrogen and oxygen atoms in total. The highest BCUT2D eigenvalue weighted by Crippen LogP contribution is 2.49. The summed E-state index contributed by atoms with van der Waals surface area (Å²) in [4.78, 5) is 22.9. The Kier molecular flexibility index (Phi) is 7.18. The molecule has 0 bridgehead atoms. The molecular formula is C23H25F2N3O3S. The zero-order chi connectivity index (χ0) is 23.4. The summed E-state index contributed by atoms with van der Waals surface area (Å²) in [6.07, 6.45) is 0.933. The van der Waals surface area contributed by atoms with Crippen molar-refractivity contribution in [3.63, 3.8) is 0 Å². The van der Waals surface area contributed by atoms with Gasteiger partial charge in [0.25, 0.3) is 0 Å². The Morgan fingerprint density at radius 2 is 1.94 bits per heavy atom. The SMILES string of the molecule is CC(C)(C)OC(=O)NCCC[C@@]1(c2ccccc2)SC(c2cc(F)ccc2F)=NN1C=O. The minimum atomic E-state index is -0.966. The summed E-state index contributed by atoms with van der Waals surface area (Å²) in [7, 11) is 0. The van der Waals surface area contributed by atoms with E-state index in [1.165, 1.54) is 16.8 Å². The van der Waals surface area contributed by atoms with Crippen LogP contribution in [0.1, 0.15) is 44.7 Å². The molecule has 32 heavy (non-hydrogen) atoms. The van der Waals surface area contributed by atoms with E-state index in [0.717, 1.165) is 23.8 Å². The largest absolute Gasteiger partial charge is 0.444 e. The van der Waals surface area contributed by atoms with Crippen molar-refractivity contribution in [1.82, 2.24) is 10.3 Å². The number of alkyl carbamates (subject to hydrolysis) is 1. The number of ether oxygens (including phenoxy) is 1. The molecule has 0 saturated heterocycles. The molecule has 9 heteroatoms. The molecule has 0 unspecified atom stereocenters. The van der Waals surface area contributed by atoms with Gasteiger partial charge < -0.3 is 10.1 Å². The Labute approximate surface area is 190 Å². The summed E-state index contributed by atoms with van der Waals surface area (Å²) in [6.45, 7) is 5.63. The van der Waals surface area contributed by atoms with Gasteiger partial charge in [-0.15, -0.1) is 0 Å². The van der Waals surface area contributed by atoms with Crippen LogP contribution in [0.5, 0.6) is 0 Å². The first kappa shape index (κ1) is 23.7. The number of carbonyl (C=O) groups excluding carboxylic acids is 2. The van der Waals surface area contributed by atoms with E-state index in [2.05, 4.69) is 10.4 Å².